The summed E-state index contributed by atoms with van der Waals surface area (Å²) in [6.45, 7) is 0.381. The van der Waals surface area contributed by atoms with Gasteiger partial charge in [-0.25, -0.2) is 4.98 Å². The zero-order valence-corrected chi connectivity index (χ0v) is 9.42. The second-order valence-electron chi connectivity index (χ2n) is 3.64. The molecule has 2 aromatic heterocycles. The normalized spacial score (nSPS) is 10.2. The zero-order valence-electron chi connectivity index (χ0n) is 9.42. The number of carbonyl (C=O) groups is 1. The number of pyridine rings is 1. The summed E-state index contributed by atoms with van der Waals surface area (Å²) >= 11 is 0. The molecular weight excluding hydrogens is 218 g/mol. The van der Waals surface area contributed by atoms with E-state index in [1.807, 2.05) is 19.3 Å². The maximum atomic E-state index is 11.7. The van der Waals surface area contributed by atoms with E-state index in [0.29, 0.717) is 17.9 Å². The number of rotatable bonds is 3. The summed E-state index contributed by atoms with van der Waals surface area (Å²) in [4.78, 5) is 15.6. The molecule has 2 heterocycles. The summed E-state index contributed by atoms with van der Waals surface area (Å²) in [5.74, 6) is -0.240. The van der Waals surface area contributed by atoms with Crippen LogP contribution < -0.4 is 11.1 Å². The molecule has 6 heteroatoms. The Morgan fingerprint density at radius 2 is 2.29 bits per heavy atom. The third kappa shape index (κ3) is 2.81. The van der Waals surface area contributed by atoms with E-state index in [-0.39, 0.29) is 5.91 Å². The van der Waals surface area contributed by atoms with Crippen LogP contribution in [0, 0.1) is 0 Å². The predicted molar refractivity (Wildman–Crippen MR) is 63.0 cm³/mol. The summed E-state index contributed by atoms with van der Waals surface area (Å²) in [5.41, 5.74) is 7.17. The van der Waals surface area contributed by atoms with E-state index < -0.39 is 0 Å². The topological polar surface area (TPSA) is 85.8 Å². The van der Waals surface area contributed by atoms with E-state index in [1.165, 1.54) is 6.20 Å². The monoisotopic (exact) mass is 231 g/mol. The van der Waals surface area contributed by atoms with Crippen LogP contribution >= 0.6 is 0 Å². The second kappa shape index (κ2) is 4.65. The third-order valence-electron chi connectivity index (χ3n) is 2.22. The van der Waals surface area contributed by atoms with Crippen molar-refractivity contribution in [2.45, 2.75) is 6.54 Å². The Morgan fingerprint density at radius 1 is 1.47 bits per heavy atom. The zero-order chi connectivity index (χ0) is 12.3. The van der Waals surface area contributed by atoms with Crippen LogP contribution in [0.5, 0.6) is 0 Å². The first-order valence-electron chi connectivity index (χ1n) is 5.13. The van der Waals surface area contributed by atoms with Gasteiger partial charge in [0.25, 0.3) is 5.91 Å². The molecule has 88 valence electrons. The highest BCUT2D eigenvalue weighted by Crippen LogP contribution is 2.01. The van der Waals surface area contributed by atoms with Crippen LogP contribution in [0.3, 0.4) is 0 Å². The minimum absolute atomic E-state index is 0.240. The Labute approximate surface area is 98.5 Å². The van der Waals surface area contributed by atoms with Crippen molar-refractivity contribution < 1.29 is 4.79 Å². The number of carbonyl (C=O) groups excluding carboxylic acids is 1. The molecule has 0 spiro atoms. The minimum atomic E-state index is -0.240. The first-order chi connectivity index (χ1) is 8.15. The molecule has 2 aromatic rings. The van der Waals surface area contributed by atoms with E-state index in [2.05, 4.69) is 15.4 Å². The number of hydrogen-bond donors (Lipinski definition) is 2. The molecule has 0 fully saturated rings. The number of aromatic nitrogens is 3. The maximum absolute atomic E-state index is 11.7. The van der Waals surface area contributed by atoms with Crippen molar-refractivity contribution in [3.05, 3.63) is 42.0 Å². The standard InChI is InChI=1S/C11H13N5O/c1-16-5-4-9(15-16)7-14-11(17)10-3-2-8(12)6-13-10/h2-6H,7,12H2,1H3,(H,14,17). The van der Waals surface area contributed by atoms with Crippen molar-refractivity contribution >= 4 is 11.6 Å². The summed E-state index contributed by atoms with van der Waals surface area (Å²) in [7, 11) is 1.83. The van der Waals surface area contributed by atoms with Crippen LogP contribution in [-0.2, 0) is 13.6 Å². The first-order valence-corrected chi connectivity index (χ1v) is 5.13. The number of nitrogens with two attached hydrogens (primary N) is 1. The van der Waals surface area contributed by atoms with Gasteiger partial charge in [-0.05, 0) is 18.2 Å². The summed E-state index contributed by atoms with van der Waals surface area (Å²) in [6.07, 6.45) is 3.28. The summed E-state index contributed by atoms with van der Waals surface area (Å²) in [5, 5.41) is 6.88. The number of hydrogen-bond acceptors (Lipinski definition) is 4. The van der Waals surface area contributed by atoms with Crippen molar-refractivity contribution in [3.63, 3.8) is 0 Å². The van der Waals surface area contributed by atoms with Crippen LogP contribution in [0.25, 0.3) is 0 Å². The quantitative estimate of drug-likeness (QED) is 0.797. The van der Waals surface area contributed by atoms with Crippen molar-refractivity contribution in [2.75, 3.05) is 5.73 Å². The van der Waals surface area contributed by atoms with Crippen LogP contribution in [-0.4, -0.2) is 20.7 Å². The number of nitrogen functional groups attached to an aromatic ring is 1. The molecule has 0 bridgehead atoms. The minimum Gasteiger partial charge on any atom is -0.397 e. The van der Waals surface area contributed by atoms with E-state index in [1.54, 1.807) is 16.8 Å². The lowest BCUT2D eigenvalue weighted by atomic mass is 10.3. The summed E-state index contributed by atoms with van der Waals surface area (Å²) < 4.78 is 1.68. The molecule has 2 rings (SSSR count). The van der Waals surface area contributed by atoms with Gasteiger partial charge in [0.2, 0.25) is 0 Å². The molecular formula is C11H13N5O. The van der Waals surface area contributed by atoms with Gasteiger partial charge < -0.3 is 11.1 Å². The molecule has 0 aliphatic rings. The molecule has 0 saturated heterocycles. The Kier molecular flexibility index (Phi) is 3.04. The van der Waals surface area contributed by atoms with Gasteiger partial charge in [-0.15, -0.1) is 0 Å². The SMILES string of the molecule is Cn1ccc(CNC(=O)c2ccc(N)cn2)n1. The number of anilines is 1. The van der Waals surface area contributed by atoms with Crippen molar-refractivity contribution in [3.8, 4) is 0 Å². The van der Waals surface area contributed by atoms with Gasteiger partial charge in [0.05, 0.1) is 24.1 Å². The van der Waals surface area contributed by atoms with Crippen LogP contribution in [0.1, 0.15) is 16.2 Å². The van der Waals surface area contributed by atoms with Gasteiger partial charge in [0, 0.05) is 13.2 Å². The van der Waals surface area contributed by atoms with E-state index in [9.17, 15) is 4.79 Å². The smallest absolute Gasteiger partial charge is 0.270 e. The van der Waals surface area contributed by atoms with Crippen LogP contribution in [0.4, 0.5) is 5.69 Å². The second-order valence-corrected chi connectivity index (χ2v) is 3.64. The van der Waals surface area contributed by atoms with E-state index in [0.717, 1.165) is 5.69 Å². The maximum Gasteiger partial charge on any atom is 0.270 e. The molecule has 0 unspecified atom stereocenters. The molecule has 0 atom stereocenters. The Bertz CT molecular complexity index is 517. The van der Waals surface area contributed by atoms with Crippen LogP contribution in [0.2, 0.25) is 0 Å². The predicted octanol–water partition coefficient (Wildman–Crippen LogP) is 0.327. The fourth-order valence-corrected chi connectivity index (χ4v) is 1.36. The number of aryl methyl sites for hydroxylation is 1. The molecule has 0 aliphatic heterocycles. The molecule has 1 amide bonds. The lowest BCUT2D eigenvalue weighted by Gasteiger charge is -2.02. The van der Waals surface area contributed by atoms with Gasteiger partial charge in [0.1, 0.15) is 5.69 Å². The van der Waals surface area contributed by atoms with E-state index in [4.69, 9.17) is 5.73 Å². The average molecular weight is 231 g/mol. The average Bonchev–Trinajstić information content (AvgIpc) is 2.73. The molecule has 3 N–H and O–H groups in total. The third-order valence-corrected chi connectivity index (χ3v) is 2.22. The molecule has 0 radical (unpaired) electrons. The van der Waals surface area contributed by atoms with Gasteiger partial charge >= 0.3 is 0 Å². The number of nitrogens with zero attached hydrogens (tertiary/aromatic N) is 3. The van der Waals surface area contributed by atoms with Crippen molar-refractivity contribution in [2.24, 2.45) is 7.05 Å². The number of nitrogens with one attached hydrogen (secondary N) is 1. The Morgan fingerprint density at radius 3 is 2.88 bits per heavy atom. The highest BCUT2D eigenvalue weighted by molar-refractivity contribution is 5.92. The fraction of sp³-hybridized carbons (Fsp3) is 0.182. The molecule has 17 heavy (non-hydrogen) atoms. The molecule has 0 aromatic carbocycles. The number of amides is 1. The van der Waals surface area contributed by atoms with E-state index >= 15 is 0 Å². The van der Waals surface area contributed by atoms with Gasteiger partial charge in [-0.3, -0.25) is 9.48 Å². The lowest BCUT2D eigenvalue weighted by Crippen LogP contribution is -2.24. The first kappa shape index (κ1) is 11.1. The van der Waals surface area contributed by atoms with Crippen molar-refractivity contribution in [1.29, 1.82) is 0 Å². The largest absolute Gasteiger partial charge is 0.397 e. The summed E-state index contributed by atoms with van der Waals surface area (Å²) in [6, 6.07) is 5.07. The van der Waals surface area contributed by atoms with Crippen LogP contribution in [0.15, 0.2) is 30.6 Å². The highest BCUT2D eigenvalue weighted by Gasteiger charge is 2.06. The van der Waals surface area contributed by atoms with Gasteiger partial charge in [-0.2, -0.15) is 5.10 Å². The van der Waals surface area contributed by atoms with Gasteiger partial charge in [0.15, 0.2) is 0 Å². The molecule has 0 aliphatic carbocycles. The molecule has 6 nitrogen and oxygen atoms in total. The fourth-order valence-electron chi connectivity index (χ4n) is 1.36. The highest BCUT2D eigenvalue weighted by atomic mass is 16.1. The Balaban J connectivity index is 1.95. The Hall–Kier alpha value is -2.37. The molecule has 0 saturated carbocycles. The van der Waals surface area contributed by atoms with Gasteiger partial charge in [-0.1, -0.05) is 0 Å². The van der Waals surface area contributed by atoms with Crippen molar-refractivity contribution in [1.82, 2.24) is 20.1 Å². The lowest BCUT2D eigenvalue weighted by molar-refractivity contribution is 0.0945.